The van der Waals surface area contributed by atoms with Crippen LogP contribution >= 0.6 is 15.9 Å². The lowest BCUT2D eigenvalue weighted by molar-refractivity contribution is 0.0950. The molecule has 0 fully saturated rings. The second-order valence-electron chi connectivity index (χ2n) is 4.42. The Balaban J connectivity index is 1.99. The number of anilines is 1. The molecule has 5 nitrogen and oxygen atoms in total. The van der Waals surface area contributed by atoms with Crippen molar-refractivity contribution >= 4 is 27.7 Å². The van der Waals surface area contributed by atoms with E-state index in [0.717, 1.165) is 10.3 Å². The maximum Gasteiger partial charge on any atom is 0.251 e. The fraction of sp³-hybridized carbons (Fsp3) is 0.214. The van der Waals surface area contributed by atoms with Crippen molar-refractivity contribution in [2.24, 2.45) is 0 Å². The topological polar surface area (TPSA) is 58.1 Å². The quantitative estimate of drug-likeness (QED) is 0.931. The van der Waals surface area contributed by atoms with Crippen molar-refractivity contribution in [3.8, 4) is 0 Å². The number of carbonyl (C=O) groups is 1. The van der Waals surface area contributed by atoms with Crippen LogP contribution in [0, 0.1) is 0 Å². The molecule has 1 heterocycles. The molecule has 0 bridgehead atoms. The maximum atomic E-state index is 12.0. The minimum atomic E-state index is -0.142. The van der Waals surface area contributed by atoms with Crippen molar-refractivity contribution in [1.29, 1.82) is 0 Å². The number of aromatic nitrogens is 2. The van der Waals surface area contributed by atoms with E-state index in [1.165, 1.54) is 0 Å². The van der Waals surface area contributed by atoms with Gasteiger partial charge >= 0.3 is 0 Å². The molecular weight excluding hydrogens is 320 g/mol. The van der Waals surface area contributed by atoms with Crippen LogP contribution in [0.5, 0.6) is 0 Å². The molecule has 0 aliphatic carbocycles. The van der Waals surface area contributed by atoms with Crippen molar-refractivity contribution in [3.05, 3.63) is 52.4 Å². The first-order valence-corrected chi connectivity index (χ1v) is 6.88. The van der Waals surface area contributed by atoms with E-state index < -0.39 is 0 Å². The molecule has 1 aromatic carbocycles. The molecule has 0 atom stereocenters. The van der Waals surface area contributed by atoms with Crippen molar-refractivity contribution < 1.29 is 4.79 Å². The van der Waals surface area contributed by atoms with Gasteiger partial charge in [0.1, 0.15) is 11.6 Å². The number of nitrogens with one attached hydrogen (secondary N) is 1. The highest BCUT2D eigenvalue weighted by Crippen LogP contribution is 2.10. The average molecular weight is 335 g/mol. The molecule has 6 heteroatoms. The molecule has 1 aromatic heterocycles. The highest BCUT2D eigenvalue weighted by Gasteiger charge is 2.06. The van der Waals surface area contributed by atoms with Crippen molar-refractivity contribution in [1.82, 2.24) is 15.3 Å². The third kappa shape index (κ3) is 3.77. The highest BCUT2D eigenvalue weighted by molar-refractivity contribution is 9.10. The van der Waals surface area contributed by atoms with Crippen LogP contribution in [-0.4, -0.2) is 30.0 Å². The molecule has 1 amide bonds. The van der Waals surface area contributed by atoms with E-state index >= 15 is 0 Å². The SMILES string of the molecule is CN(C)c1ccnc(CNC(=O)c2ccc(Br)cc2)n1. The molecule has 1 N–H and O–H groups in total. The zero-order valence-electron chi connectivity index (χ0n) is 11.3. The van der Waals surface area contributed by atoms with Gasteiger partial charge in [-0.1, -0.05) is 15.9 Å². The number of amides is 1. The Bertz CT molecular complexity index is 598. The van der Waals surface area contributed by atoms with Crippen LogP contribution in [0.15, 0.2) is 41.0 Å². The first kappa shape index (κ1) is 14.5. The summed E-state index contributed by atoms with van der Waals surface area (Å²) >= 11 is 3.34. The van der Waals surface area contributed by atoms with E-state index in [1.54, 1.807) is 18.3 Å². The van der Waals surface area contributed by atoms with Gasteiger partial charge < -0.3 is 10.2 Å². The molecule has 2 rings (SSSR count). The molecule has 0 saturated carbocycles. The summed E-state index contributed by atoms with van der Waals surface area (Å²) in [6, 6.07) is 9.00. The lowest BCUT2D eigenvalue weighted by Crippen LogP contribution is -2.24. The molecular formula is C14H15BrN4O. The molecule has 0 spiro atoms. The minimum absolute atomic E-state index is 0.142. The predicted octanol–water partition coefficient (Wildman–Crippen LogP) is 2.24. The third-order valence-electron chi connectivity index (χ3n) is 2.66. The number of nitrogens with zero attached hydrogens (tertiary/aromatic N) is 3. The Labute approximate surface area is 126 Å². The smallest absolute Gasteiger partial charge is 0.251 e. The number of hydrogen-bond donors (Lipinski definition) is 1. The Hall–Kier alpha value is -1.95. The van der Waals surface area contributed by atoms with Gasteiger partial charge in [0.2, 0.25) is 0 Å². The molecule has 20 heavy (non-hydrogen) atoms. The fourth-order valence-corrected chi connectivity index (χ4v) is 1.85. The zero-order chi connectivity index (χ0) is 14.5. The summed E-state index contributed by atoms with van der Waals surface area (Å²) in [5, 5.41) is 2.80. The first-order valence-electron chi connectivity index (χ1n) is 6.09. The van der Waals surface area contributed by atoms with E-state index in [1.807, 2.05) is 37.2 Å². The van der Waals surface area contributed by atoms with Crippen LogP contribution in [0.2, 0.25) is 0 Å². The molecule has 0 unspecified atom stereocenters. The first-order chi connectivity index (χ1) is 9.56. The summed E-state index contributed by atoms with van der Waals surface area (Å²) in [5.41, 5.74) is 0.608. The standard InChI is InChI=1S/C14H15BrN4O/c1-19(2)13-7-8-16-12(18-13)9-17-14(20)10-3-5-11(15)6-4-10/h3-8H,9H2,1-2H3,(H,17,20). The third-order valence-corrected chi connectivity index (χ3v) is 3.19. The van der Waals surface area contributed by atoms with Crippen LogP contribution in [0.4, 0.5) is 5.82 Å². The minimum Gasteiger partial charge on any atom is -0.363 e. The zero-order valence-corrected chi connectivity index (χ0v) is 12.9. The van der Waals surface area contributed by atoms with E-state index in [4.69, 9.17) is 0 Å². The monoisotopic (exact) mass is 334 g/mol. The number of hydrogen-bond acceptors (Lipinski definition) is 4. The summed E-state index contributed by atoms with van der Waals surface area (Å²) < 4.78 is 0.941. The molecule has 0 radical (unpaired) electrons. The van der Waals surface area contributed by atoms with Crippen LogP contribution in [0.1, 0.15) is 16.2 Å². The lowest BCUT2D eigenvalue weighted by Gasteiger charge is -2.11. The summed E-state index contributed by atoms with van der Waals surface area (Å²) in [5.74, 6) is 1.26. The van der Waals surface area contributed by atoms with Gasteiger partial charge in [0, 0.05) is 30.3 Å². The second kappa shape index (κ2) is 6.47. The predicted molar refractivity (Wildman–Crippen MR) is 81.7 cm³/mol. The molecule has 0 aliphatic heterocycles. The van der Waals surface area contributed by atoms with Crippen LogP contribution in [0.3, 0.4) is 0 Å². The summed E-state index contributed by atoms with van der Waals surface area (Å²) in [6.07, 6.45) is 1.68. The van der Waals surface area contributed by atoms with Gasteiger partial charge in [-0.25, -0.2) is 9.97 Å². The van der Waals surface area contributed by atoms with Gasteiger partial charge in [0.15, 0.2) is 0 Å². The Kier molecular flexibility index (Phi) is 4.68. The largest absolute Gasteiger partial charge is 0.363 e. The van der Waals surface area contributed by atoms with Crippen molar-refractivity contribution in [3.63, 3.8) is 0 Å². The number of benzene rings is 1. The molecule has 104 valence electrons. The van der Waals surface area contributed by atoms with Gasteiger partial charge in [0.05, 0.1) is 6.54 Å². The van der Waals surface area contributed by atoms with Gasteiger partial charge in [-0.05, 0) is 30.3 Å². The number of rotatable bonds is 4. The van der Waals surface area contributed by atoms with Crippen LogP contribution < -0.4 is 10.2 Å². The molecule has 0 aliphatic rings. The highest BCUT2D eigenvalue weighted by atomic mass is 79.9. The second-order valence-corrected chi connectivity index (χ2v) is 5.33. The van der Waals surface area contributed by atoms with Crippen LogP contribution in [0.25, 0.3) is 0 Å². The van der Waals surface area contributed by atoms with E-state index in [-0.39, 0.29) is 5.91 Å². The van der Waals surface area contributed by atoms with Crippen LogP contribution in [-0.2, 0) is 6.54 Å². The van der Waals surface area contributed by atoms with Crippen molar-refractivity contribution in [2.45, 2.75) is 6.54 Å². The summed E-state index contributed by atoms with van der Waals surface area (Å²) in [4.78, 5) is 22.3. The average Bonchev–Trinajstić information content (AvgIpc) is 2.46. The number of carbonyl (C=O) groups excluding carboxylic acids is 1. The Morgan fingerprint density at radius 3 is 2.60 bits per heavy atom. The van der Waals surface area contributed by atoms with Gasteiger partial charge in [-0.2, -0.15) is 0 Å². The van der Waals surface area contributed by atoms with Gasteiger partial charge in [-0.3, -0.25) is 4.79 Å². The fourth-order valence-electron chi connectivity index (χ4n) is 1.59. The number of halogens is 1. The van der Waals surface area contributed by atoms with Crippen molar-refractivity contribution in [2.75, 3.05) is 19.0 Å². The Morgan fingerprint density at radius 2 is 1.95 bits per heavy atom. The van der Waals surface area contributed by atoms with E-state index in [2.05, 4.69) is 31.2 Å². The lowest BCUT2D eigenvalue weighted by atomic mass is 10.2. The summed E-state index contributed by atoms with van der Waals surface area (Å²) in [6.45, 7) is 0.302. The van der Waals surface area contributed by atoms with E-state index in [9.17, 15) is 4.79 Å². The maximum absolute atomic E-state index is 12.0. The summed E-state index contributed by atoms with van der Waals surface area (Å²) in [7, 11) is 3.82. The molecule has 2 aromatic rings. The van der Waals surface area contributed by atoms with Gasteiger partial charge in [0.25, 0.3) is 5.91 Å². The van der Waals surface area contributed by atoms with Gasteiger partial charge in [-0.15, -0.1) is 0 Å². The Morgan fingerprint density at radius 1 is 1.25 bits per heavy atom. The van der Waals surface area contributed by atoms with E-state index in [0.29, 0.717) is 17.9 Å². The molecule has 0 saturated heterocycles. The normalized spacial score (nSPS) is 10.2.